The van der Waals surface area contributed by atoms with Crippen LogP contribution < -0.4 is 5.73 Å². The SMILES string of the molecule is Nc1ccc2c(c1)oc1ccc3oc4ccccc4c3c12. The number of furan rings is 2. The monoisotopic (exact) mass is 273 g/mol. The largest absolute Gasteiger partial charge is 0.456 e. The van der Waals surface area contributed by atoms with Gasteiger partial charge in [0, 0.05) is 33.3 Å². The highest BCUT2D eigenvalue weighted by Gasteiger charge is 2.15. The summed E-state index contributed by atoms with van der Waals surface area (Å²) in [6.45, 7) is 0. The van der Waals surface area contributed by atoms with Crippen LogP contribution in [0.2, 0.25) is 0 Å². The van der Waals surface area contributed by atoms with Crippen LogP contribution in [0.5, 0.6) is 0 Å². The van der Waals surface area contributed by atoms with Crippen molar-refractivity contribution in [3.05, 3.63) is 54.6 Å². The third-order valence-electron chi connectivity index (χ3n) is 4.00. The third kappa shape index (κ3) is 1.32. The number of fused-ring (bicyclic) bond motifs is 7. The number of anilines is 1. The summed E-state index contributed by atoms with van der Waals surface area (Å²) in [7, 11) is 0. The van der Waals surface area contributed by atoms with Gasteiger partial charge in [-0.2, -0.15) is 0 Å². The van der Waals surface area contributed by atoms with Crippen LogP contribution in [0, 0.1) is 0 Å². The molecule has 100 valence electrons. The molecule has 3 heteroatoms. The van der Waals surface area contributed by atoms with Crippen molar-refractivity contribution in [3.8, 4) is 0 Å². The van der Waals surface area contributed by atoms with Crippen molar-refractivity contribution >= 4 is 49.6 Å². The van der Waals surface area contributed by atoms with Gasteiger partial charge in [-0.3, -0.25) is 0 Å². The van der Waals surface area contributed by atoms with Gasteiger partial charge < -0.3 is 14.6 Å². The van der Waals surface area contributed by atoms with Crippen molar-refractivity contribution in [2.24, 2.45) is 0 Å². The fraction of sp³-hybridized carbons (Fsp3) is 0. The summed E-state index contributed by atoms with van der Waals surface area (Å²) in [6, 6.07) is 17.8. The van der Waals surface area contributed by atoms with Crippen molar-refractivity contribution in [2.45, 2.75) is 0 Å². The first kappa shape index (κ1) is 10.8. The molecule has 0 saturated heterocycles. The van der Waals surface area contributed by atoms with E-state index in [4.69, 9.17) is 14.6 Å². The predicted octanol–water partition coefficient (Wildman–Crippen LogP) is 5.07. The Hall–Kier alpha value is -2.94. The highest BCUT2D eigenvalue weighted by atomic mass is 16.3. The van der Waals surface area contributed by atoms with Gasteiger partial charge in [0.2, 0.25) is 0 Å². The first-order valence-corrected chi connectivity index (χ1v) is 6.83. The van der Waals surface area contributed by atoms with Gasteiger partial charge in [0.1, 0.15) is 22.3 Å². The lowest BCUT2D eigenvalue weighted by molar-refractivity contribution is 0.663. The zero-order valence-electron chi connectivity index (χ0n) is 11.1. The highest BCUT2D eigenvalue weighted by molar-refractivity contribution is 6.25. The summed E-state index contributed by atoms with van der Waals surface area (Å²) in [5.74, 6) is 0. The molecule has 5 rings (SSSR count). The van der Waals surface area contributed by atoms with Gasteiger partial charge in [0.25, 0.3) is 0 Å². The lowest BCUT2D eigenvalue weighted by Crippen LogP contribution is -1.81. The zero-order valence-corrected chi connectivity index (χ0v) is 11.1. The van der Waals surface area contributed by atoms with Gasteiger partial charge in [-0.05, 0) is 30.3 Å². The van der Waals surface area contributed by atoms with Crippen LogP contribution in [0.1, 0.15) is 0 Å². The summed E-state index contributed by atoms with van der Waals surface area (Å²) in [5.41, 5.74) is 9.99. The zero-order chi connectivity index (χ0) is 14.0. The maximum Gasteiger partial charge on any atom is 0.137 e. The molecule has 2 heterocycles. The molecule has 0 aliphatic carbocycles. The normalized spacial score (nSPS) is 12.0. The van der Waals surface area contributed by atoms with Crippen molar-refractivity contribution in [2.75, 3.05) is 5.73 Å². The fourth-order valence-electron chi connectivity index (χ4n) is 3.10. The molecule has 0 aliphatic rings. The van der Waals surface area contributed by atoms with Crippen LogP contribution in [0.4, 0.5) is 5.69 Å². The second kappa shape index (κ2) is 3.58. The van der Waals surface area contributed by atoms with Crippen molar-refractivity contribution in [3.63, 3.8) is 0 Å². The number of hydrogen-bond donors (Lipinski definition) is 1. The first-order valence-electron chi connectivity index (χ1n) is 6.83. The molecule has 0 bridgehead atoms. The molecule has 2 aromatic heterocycles. The van der Waals surface area contributed by atoms with Crippen molar-refractivity contribution in [1.82, 2.24) is 0 Å². The van der Waals surface area contributed by atoms with E-state index in [2.05, 4.69) is 6.07 Å². The molecular weight excluding hydrogens is 262 g/mol. The Morgan fingerprint density at radius 2 is 1.29 bits per heavy atom. The summed E-state index contributed by atoms with van der Waals surface area (Å²) >= 11 is 0. The van der Waals surface area contributed by atoms with Crippen LogP contribution in [-0.2, 0) is 0 Å². The second-order valence-electron chi connectivity index (χ2n) is 5.27. The molecule has 0 saturated carbocycles. The first-order chi connectivity index (χ1) is 10.3. The van der Waals surface area contributed by atoms with Crippen LogP contribution in [-0.4, -0.2) is 0 Å². The maximum atomic E-state index is 5.94. The smallest absolute Gasteiger partial charge is 0.137 e. The van der Waals surface area contributed by atoms with E-state index in [0.29, 0.717) is 5.69 Å². The Kier molecular flexibility index (Phi) is 1.84. The number of benzene rings is 3. The van der Waals surface area contributed by atoms with E-state index in [1.807, 2.05) is 48.5 Å². The molecule has 5 aromatic rings. The van der Waals surface area contributed by atoms with Gasteiger partial charge in [-0.25, -0.2) is 0 Å². The Labute approximate surface area is 119 Å². The van der Waals surface area contributed by atoms with Crippen LogP contribution >= 0.6 is 0 Å². The topological polar surface area (TPSA) is 52.3 Å². The molecule has 0 spiro atoms. The van der Waals surface area contributed by atoms with Gasteiger partial charge in [-0.1, -0.05) is 18.2 Å². The van der Waals surface area contributed by atoms with E-state index < -0.39 is 0 Å². The van der Waals surface area contributed by atoms with Crippen LogP contribution in [0.25, 0.3) is 43.9 Å². The predicted molar refractivity (Wildman–Crippen MR) is 85.4 cm³/mol. The van der Waals surface area contributed by atoms with Crippen LogP contribution in [0.3, 0.4) is 0 Å². The van der Waals surface area contributed by atoms with Gasteiger partial charge in [0.15, 0.2) is 0 Å². The number of hydrogen-bond acceptors (Lipinski definition) is 3. The standard InChI is InChI=1S/C18H11NO2/c19-10-5-6-12-16(9-10)21-15-8-7-14-17(18(12)15)11-3-1-2-4-13(11)20-14/h1-9H,19H2. The van der Waals surface area contributed by atoms with E-state index in [-0.39, 0.29) is 0 Å². The quantitative estimate of drug-likeness (QED) is 0.401. The van der Waals surface area contributed by atoms with Crippen LogP contribution in [0.15, 0.2) is 63.4 Å². The summed E-state index contributed by atoms with van der Waals surface area (Å²) in [4.78, 5) is 0. The Morgan fingerprint density at radius 3 is 2.10 bits per heavy atom. The summed E-state index contributed by atoms with van der Waals surface area (Å²) < 4.78 is 11.9. The minimum atomic E-state index is 0.704. The Morgan fingerprint density at radius 1 is 0.619 bits per heavy atom. The van der Waals surface area contributed by atoms with E-state index in [9.17, 15) is 0 Å². The molecule has 21 heavy (non-hydrogen) atoms. The van der Waals surface area contributed by atoms with Crippen molar-refractivity contribution in [1.29, 1.82) is 0 Å². The number of rotatable bonds is 0. The minimum absolute atomic E-state index is 0.704. The molecule has 0 amide bonds. The lowest BCUT2D eigenvalue weighted by atomic mass is 10.1. The lowest BCUT2D eigenvalue weighted by Gasteiger charge is -1.94. The van der Waals surface area contributed by atoms with Gasteiger partial charge in [0.05, 0.1) is 0 Å². The fourth-order valence-corrected chi connectivity index (χ4v) is 3.10. The maximum absolute atomic E-state index is 5.94. The van der Waals surface area contributed by atoms with Crippen molar-refractivity contribution < 1.29 is 8.83 Å². The molecule has 0 fully saturated rings. The summed E-state index contributed by atoms with van der Waals surface area (Å²) in [6.07, 6.45) is 0. The Bertz CT molecular complexity index is 1150. The molecule has 0 unspecified atom stereocenters. The summed E-state index contributed by atoms with van der Waals surface area (Å²) in [5, 5.41) is 4.37. The number of para-hydroxylation sites is 1. The molecule has 0 aliphatic heterocycles. The van der Waals surface area contributed by atoms with E-state index in [1.165, 1.54) is 0 Å². The second-order valence-corrected chi connectivity index (χ2v) is 5.27. The highest BCUT2D eigenvalue weighted by Crippen LogP contribution is 2.39. The molecule has 3 aromatic carbocycles. The number of nitrogens with two attached hydrogens (primary N) is 1. The van der Waals surface area contributed by atoms with E-state index >= 15 is 0 Å². The molecule has 2 N–H and O–H groups in total. The minimum Gasteiger partial charge on any atom is -0.456 e. The molecule has 0 atom stereocenters. The molecular formula is C18H11NO2. The number of nitrogen functional groups attached to an aromatic ring is 1. The molecule has 0 radical (unpaired) electrons. The average molecular weight is 273 g/mol. The van der Waals surface area contributed by atoms with E-state index in [0.717, 1.165) is 43.9 Å². The molecule has 3 nitrogen and oxygen atoms in total. The Balaban J connectivity index is 2.14. The van der Waals surface area contributed by atoms with E-state index in [1.54, 1.807) is 0 Å². The van der Waals surface area contributed by atoms with Gasteiger partial charge >= 0.3 is 0 Å². The average Bonchev–Trinajstić information content (AvgIpc) is 3.03. The van der Waals surface area contributed by atoms with Gasteiger partial charge in [-0.15, -0.1) is 0 Å². The third-order valence-corrected chi connectivity index (χ3v) is 4.00.